The third kappa shape index (κ3) is 9.89. The molecule has 0 atom stereocenters. The Balaban J connectivity index is 0.000000216. The first kappa shape index (κ1) is 40.0. The monoisotopic (exact) mass is 893 g/mol. The SMILES string of the molecule is CC(C)(C)Cc1cc(-c2[c-]cccc2)ncc1[Si](C)(C)C.Cc1cnc(-c2[c-]ccc3c2oc2cc(-c4ccccc4)ccc23)cc1CC(C)(C)C.[Ir]. The molecule has 7 aromatic rings. The second-order valence-electron chi connectivity index (χ2n) is 17.5. The van der Waals surface area contributed by atoms with E-state index in [0.29, 0.717) is 0 Å². The van der Waals surface area contributed by atoms with Gasteiger partial charge in [-0.1, -0.05) is 138 Å². The summed E-state index contributed by atoms with van der Waals surface area (Å²) in [6.07, 6.45) is 6.18. The number of furan rings is 1. The van der Waals surface area contributed by atoms with Gasteiger partial charge in [0.2, 0.25) is 0 Å². The number of nitrogens with zero attached hydrogens (tertiary/aromatic N) is 2. The molecule has 275 valence electrons. The number of fused-ring (bicyclic) bond motifs is 3. The van der Waals surface area contributed by atoms with E-state index in [0.717, 1.165) is 62.9 Å². The Bertz CT molecular complexity index is 2310. The molecule has 3 nitrogen and oxygen atoms in total. The summed E-state index contributed by atoms with van der Waals surface area (Å²) in [4.78, 5) is 9.44. The summed E-state index contributed by atoms with van der Waals surface area (Å²) in [5.41, 5.74) is 12.5. The van der Waals surface area contributed by atoms with Crippen LogP contribution >= 0.6 is 0 Å². The second kappa shape index (κ2) is 16.1. The van der Waals surface area contributed by atoms with Crippen LogP contribution in [-0.4, -0.2) is 18.0 Å². The minimum Gasteiger partial charge on any atom is -0.501 e. The van der Waals surface area contributed by atoms with Crippen molar-refractivity contribution < 1.29 is 24.5 Å². The minimum atomic E-state index is -1.37. The molecule has 0 bridgehead atoms. The summed E-state index contributed by atoms with van der Waals surface area (Å²) in [7, 11) is -1.37. The standard InChI is InChI=1S/C29H26NO.C19H26NSi.Ir/c1-19-18-30-26(15-22(19)17-29(2,3)4)25-12-8-11-24-23-14-13-21(16-27(23)31-28(24)25)20-9-6-5-7-10-20;1-19(2,3)13-16-12-17(15-10-8-7-9-11-15)20-14-18(16)21(4,5)6;/h5-11,13-16,18H,17H2,1-4H3;7-10,12,14H,13H2,1-6H3;/q2*-1;. The molecule has 0 saturated heterocycles. The summed E-state index contributed by atoms with van der Waals surface area (Å²) in [6.45, 7) is 23.0. The fourth-order valence-electron chi connectivity index (χ4n) is 6.80. The van der Waals surface area contributed by atoms with E-state index >= 15 is 0 Å². The topological polar surface area (TPSA) is 38.9 Å². The van der Waals surface area contributed by atoms with Gasteiger partial charge in [0.1, 0.15) is 5.58 Å². The molecule has 0 amide bonds. The van der Waals surface area contributed by atoms with Crippen molar-refractivity contribution in [3.05, 3.63) is 138 Å². The summed E-state index contributed by atoms with van der Waals surface area (Å²) in [6, 6.07) is 40.1. The molecule has 5 heteroatoms. The van der Waals surface area contributed by atoms with Crippen LogP contribution in [0.15, 0.2) is 114 Å². The number of benzene rings is 4. The zero-order valence-corrected chi connectivity index (χ0v) is 36.3. The maximum absolute atomic E-state index is 6.40. The van der Waals surface area contributed by atoms with Gasteiger partial charge < -0.3 is 14.4 Å². The van der Waals surface area contributed by atoms with Crippen molar-refractivity contribution >= 4 is 35.2 Å². The Hall–Kier alpha value is -4.15. The Morgan fingerprint density at radius 3 is 1.96 bits per heavy atom. The van der Waals surface area contributed by atoms with Crippen molar-refractivity contribution in [1.29, 1.82) is 0 Å². The van der Waals surface area contributed by atoms with Crippen LogP contribution in [0.1, 0.15) is 58.2 Å². The van der Waals surface area contributed by atoms with Crippen molar-refractivity contribution in [1.82, 2.24) is 9.97 Å². The molecule has 3 aromatic heterocycles. The molecule has 3 heterocycles. The van der Waals surface area contributed by atoms with Gasteiger partial charge in [-0.05, 0) is 69.9 Å². The molecule has 0 aliphatic heterocycles. The fourth-order valence-corrected chi connectivity index (χ4v) is 8.37. The average molecular weight is 893 g/mol. The van der Waals surface area contributed by atoms with Crippen LogP contribution in [0.3, 0.4) is 0 Å². The average Bonchev–Trinajstić information content (AvgIpc) is 3.47. The number of aryl methyl sites for hydroxylation is 1. The van der Waals surface area contributed by atoms with Crippen LogP contribution in [0, 0.1) is 29.9 Å². The number of rotatable bonds is 6. The molecule has 53 heavy (non-hydrogen) atoms. The Labute approximate surface area is 331 Å². The van der Waals surface area contributed by atoms with Crippen LogP contribution in [0.2, 0.25) is 19.6 Å². The van der Waals surface area contributed by atoms with E-state index in [1.165, 1.54) is 27.4 Å². The zero-order valence-electron chi connectivity index (χ0n) is 32.9. The maximum atomic E-state index is 6.40. The van der Waals surface area contributed by atoms with Gasteiger partial charge in [-0.3, -0.25) is 0 Å². The zero-order chi connectivity index (χ0) is 37.3. The van der Waals surface area contributed by atoms with Gasteiger partial charge in [0.25, 0.3) is 0 Å². The van der Waals surface area contributed by atoms with E-state index < -0.39 is 8.07 Å². The smallest absolute Gasteiger partial charge is 0.121 e. The van der Waals surface area contributed by atoms with E-state index in [2.05, 4.69) is 153 Å². The number of hydrogen-bond donors (Lipinski definition) is 0. The molecule has 0 spiro atoms. The molecular weight excluding hydrogens is 841 g/mol. The van der Waals surface area contributed by atoms with Crippen LogP contribution in [0.4, 0.5) is 0 Å². The maximum Gasteiger partial charge on any atom is 0.121 e. The second-order valence-corrected chi connectivity index (χ2v) is 22.5. The largest absolute Gasteiger partial charge is 0.501 e. The molecule has 4 aromatic carbocycles. The Kier molecular flexibility index (Phi) is 12.1. The summed E-state index contributed by atoms with van der Waals surface area (Å²) in [5, 5.41) is 3.70. The molecule has 0 N–H and O–H groups in total. The van der Waals surface area contributed by atoms with E-state index in [1.54, 1.807) is 0 Å². The van der Waals surface area contributed by atoms with E-state index in [-0.39, 0.29) is 30.9 Å². The van der Waals surface area contributed by atoms with Crippen LogP contribution in [0.25, 0.3) is 55.6 Å². The first-order chi connectivity index (χ1) is 24.6. The van der Waals surface area contributed by atoms with Crippen molar-refractivity contribution in [2.75, 3.05) is 0 Å². The molecule has 1 radical (unpaired) electrons. The molecule has 7 rings (SSSR count). The quantitative estimate of drug-likeness (QED) is 0.123. The Morgan fingerprint density at radius 2 is 1.30 bits per heavy atom. The molecule has 0 saturated carbocycles. The van der Waals surface area contributed by atoms with Crippen molar-refractivity contribution in [2.24, 2.45) is 10.8 Å². The fraction of sp³-hybridized carbons (Fsp3) is 0.292. The number of pyridine rings is 2. The van der Waals surface area contributed by atoms with Crippen LogP contribution in [-0.2, 0) is 32.9 Å². The molecule has 0 fully saturated rings. The van der Waals surface area contributed by atoms with Gasteiger partial charge in [-0.25, -0.2) is 0 Å². The first-order valence-corrected chi connectivity index (χ1v) is 21.9. The van der Waals surface area contributed by atoms with Crippen LogP contribution in [0.5, 0.6) is 0 Å². The van der Waals surface area contributed by atoms with Crippen molar-refractivity contribution in [3.63, 3.8) is 0 Å². The van der Waals surface area contributed by atoms with E-state index in [1.807, 2.05) is 36.5 Å². The third-order valence-corrected chi connectivity index (χ3v) is 11.3. The number of hydrogen-bond acceptors (Lipinski definition) is 3. The van der Waals surface area contributed by atoms with Gasteiger partial charge in [-0.15, -0.1) is 54.1 Å². The normalized spacial score (nSPS) is 12.0. The number of aromatic nitrogens is 2. The molecular formula is C48H52IrN2OSi-2. The third-order valence-electron chi connectivity index (χ3n) is 9.24. The summed E-state index contributed by atoms with van der Waals surface area (Å²) >= 11 is 0. The van der Waals surface area contributed by atoms with Gasteiger partial charge >= 0.3 is 0 Å². The summed E-state index contributed by atoms with van der Waals surface area (Å²) < 4.78 is 6.40. The van der Waals surface area contributed by atoms with Crippen molar-refractivity contribution in [3.8, 4) is 33.6 Å². The van der Waals surface area contributed by atoms with Crippen LogP contribution < -0.4 is 5.19 Å². The van der Waals surface area contributed by atoms with Gasteiger partial charge in [-0.2, -0.15) is 0 Å². The molecule has 0 aliphatic rings. The molecule has 0 aliphatic carbocycles. The molecule has 0 unspecified atom stereocenters. The van der Waals surface area contributed by atoms with Crippen molar-refractivity contribution in [2.45, 2.75) is 80.9 Å². The van der Waals surface area contributed by atoms with Gasteiger partial charge in [0.15, 0.2) is 0 Å². The first-order valence-electron chi connectivity index (χ1n) is 18.4. The summed E-state index contributed by atoms with van der Waals surface area (Å²) in [5.74, 6) is 0. The van der Waals surface area contributed by atoms with Gasteiger partial charge in [0, 0.05) is 37.9 Å². The predicted octanol–water partition coefficient (Wildman–Crippen LogP) is 12.7. The minimum absolute atomic E-state index is 0. The Morgan fingerprint density at radius 1 is 0.642 bits per heavy atom. The van der Waals surface area contributed by atoms with E-state index in [9.17, 15) is 0 Å². The van der Waals surface area contributed by atoms with E-state index in [4.69, 9.17) is 14.4 Å². The predicted molar refractivity (Wildman–Crippen MR) is 224 cm³/mol. The van der Waals surface area contributed by atoms with Gasteiger partial charge in [0.05, 0.1) is 13.7 Å².